The van der Waals surface area contributed by atoms with Crippen molar-refractivity contribution in [3.05, 3.63) is 42.5 Å². The van der Waals surface area contributed by atoms with Gasteiger partial charge in [0.15, 0.2) is 0 Å². The van der Waals surface area contributed by atoms with Gasteiger partial charge in [0.25, 0.3) is 0 Å². The molecule has 112 valence electrons. The van der Waals surface area contributed by atoms with E-state index in [1.165, 1.54) is 42.1 Å². The molecule has 1 saturated carbocycles. The lowest BCUT2D eigenvalue weighted by Crippen LogP contribution is -2.45. The van der Waals surface area contributed by atoms with E-state index in [0.717, 1.165) is 13.1 Å². The first-order valence-electron chi connectivity index (χ1n) is 8.29. The van der Waals surface area contributed by atoms with Crippen LogP contribution in [0.5, 0.6) is 0 Å². The molecular weight excluding hydrogens is 256 g/mol. The Bertz CT molecular complexity index is 588. The van der Waals surface area contributed by atoms with E-state index in [4.69, 9.17) is 5.73 Å². The van der Waals surface area contributed by atoms with Gasteiger partial charge in [-0.15, -0.1) is 0 Å². The highest BCUT2D eigenvalue weighted by Gasteiger charge is 2.29. The van der Waals surface area contributed by atoms with Gasteiger partial charge in [-0.3, -0.25) is 0 Å². The van der Waals surface area contributed by atoms with Crippen LogP contribution in [0.1, 0.15) is 32.6 Å². The molecule has 2 aromatic rings. The molecule has 0 radical (unpaired) electrons. The molecule has 0 aliphatic heterocycles. The molecule has 1 aliphatic rings. The molecule has 3 rings (SSSR count). The van der Waals surface area contributed by atoms with Gasteiger partial charge >= 0.3 is 0 Å². The SMILES string of the molecule is CCN(c1cccc2ccccc12)C1CCCCC1CN. The Morgan fingerprint density at radius 1 is 1.05 bits per heavy atom. The molecular formula is C19H26N2. The number of rotatable bonds is 4. The fourth-order valence-electron chi connectivity index (χ4n) is 3.92. The van der Waals surface area contributed by atoms with Crippen molar-refractivity contribution < 1.29 is 0 Å². The van der Waals surface area contributed by atoms with E-state index >= 15 is 0 Å². The van der Waals surface area contributed by atoms with E-state index in [1.807, 2.05) is 0 Å². The summed E-state index contributed by atoms with van der Waals surface area (Å²) < 4.78 is 0. The Morgan fingerprint density at radius 2 is 1.81 bits per heavy atom. The van der Waals surface area contributed by atoms with Crippen molar-refractivity contribution in [1.29, 1.82) is 0 Å². The second-order valence-electron chi connectivity index (χ2n) is 6.13. The Labute approximate surface area is 127 Å². The maximum absolute atomic E-state index is 6.05. The number of hydrogen-bond donors (Lipinski definition) is 1. The molecule has 2 nitrogen and oxygen atoms in total. The third-order valence-corrected chi connectivity index (χ3v) is 4.99. The summed E-state index contributed by atoms with van der Waals surface area (Å²) in [5.41, 5.74) is 7.43. The van der Waals surface area contributed by atoms with E-state index in [2.05, 4.69) is 54.3 Å². The van der Waals surface area contributed by atoms with Gasteiger partial charge in [-0.25, -0.2) is 0 Å². The minimum Gasteiger partial charge on any atom is -0.368 e. The molecule has 0 amide bonds. The van der Waals surface area contributed by atoms with Crippen molar-refractivity contribution in [2.45, 2.75) is 38.6 Å². The van der Waals surface area contributed by atoms with E-state index in [9.17, 15) is 0 Å². The molecule has 2 heteroatoms. The van der Waals surface area contributed by atoms with Crippen LogP contribution in [-0.4, -0.2) is 19.1 Å². The fraction of sp³-hybridized carbons (Fsp3) is 0.474. The zero-order valence-electron chi connectivity index (χ0n) is 13.0. The lowest BCUT2D eigenvalue weighted by Gasteiger charge is -2.41. The van der Waals surface area contributed by atoms with Gasteiger partial charge < -0.3 is 10.6 Å². The summed E-state index contributed by atoms with van der Waals surface area (Å²) in [6, 6.07) is 16.0. The molecule has 2 atom stereocenters. The number of hydrogen-bond acceptors (Lipinski definition) is 2. The standard InChI is InChI=1S/C19H26N2/c1-2-21(18-12-6-4-9-16(18)14-20)19-13-7-10-15-8-3-5-11-17(15)19/h3,5,7-8,10-11,13,16,18H,2,4,6,9,12,14,20H2,1H3. The summed E-state index contributed by atoms with van der Waals surface area (Å²) in [4.78, 5) is 2.60. The van der Waals surface area contributed by atoms with Crippen LogP contribution in [0.3, 0.4) is 0 Å². The topological polar surface area (TPSA) is 29.3 Å². The number of nitrogens with zero attached hydrogens (tertiary/aromatic N) is 1. The van der Waals surface area contributed by atoms with Gasteiger partial charge in [0.05, 0.1) is 0 Å². The number of anilines is 1. The first kappa shape index (κ1) is 14.4. The minimum absolute atomic E-state index is 0.597. The van der Waals surface area contributed by atoms with E-state index in [0.29, 0.717) is 12.0 Å². The van der Waals surface area contributed by atoms with Crippen molar-refractivity contribution in [3.8, 4) is 0 Å². The van der Waals surface area contributed by atoms with Crippen LogP contribution in [0.4, 0.5) is 5.69 Å². The number of benzene rings is 2. The number of nitrogens with two attached hydrogens (primary N) is 1. The average molecular weight is 282 g/mol. The van der Waals surface area contributed by atoms with Gasteiger partial charge in [-0.05, 0) is 43.7 Å². The molecule has 0 saturated heterocycles. The largest absolute Gasteiger partial charge is 0.368 e. The zero-order valence-corrected chi connectivity index (χ0v) is 13.0. The van der Waals surface area contributed by atoms with Crippen LogP contribution in [-0.2, 0) is 0 Å². The smallest absolute Gasteiger partial charge is 0.0448 e. The molecule has 2 aromatic carbocycles. The van der Waals surface area contributed by atoms with Gasteiger partial charge in [-0.2, -0.15) is 0 Å². The zero-order chi connectivity index (χ0) is 14.7. The second kappa shape index (κ2) is 6.48. The Kier molecular flexibility index (Phi) is 4.45. The highest BCUT2D eigenvalue weighted by Crippen LogP contribution is 2.34. The molecule has 0 spiro atoms. The molecule has 0 bridgehead atoms. The van der Waals surface area contributed by atoms with Crippen LogP contribution in [0.2, 0.25) is 0 Å². The summed E-state index contributed by atoms with van der Waals surface area (Å²) >= 11 is 0. The van der Waals surface area contributed by atoms with E-state index in [-0.39, 0.29) is 0 Å². The summed E-state index contributed by atoms with van der Waals surface area (Å²) in [5.74, 6) is 0.637. The Morgan fingerprint density at radius 3 is 2.62 bits per heavy atom. The third-order valence-electron chi connectivity index (χ3n) is 4.99. The van der Waals surface area contributed by atoms with Crippen molar-refractivity contribution in [1.82, 2.24) is 0 Å². The number of fused-ring (bicyclic) bond motifs is 1. The second-order valence-corrected chi connectivity index (χ2v) is 6.13. The van der Waals surface area contributed by atoms with Gasteiger partial charge in [0, 0.05) is 23.7 Å². The summed E-state index contributed by atoms with van der Waals surface area (Å²) in [7, 11) is 0. The minimum atomic E-state index is 0.597. The predicted molar refractivity (Wildman–Crippen MR) is 91.8 cm³/mol. The first-order valence-corrected chi connectivity index (χ1v) is 8.29. The van der Waals surface area contributed by atoms with E-state index in [1.54, 1.807) is 0 Å². The van der Waals surface area contributed by atoms with Gasteiger partial charge in [0.2, 0.25) is 0 Å². The van der Waals surface area contributed by atoms with Crippen LogP contribution >= 0.6 is 0 Å². The van der Waals surface area contributed by atoms with Crippen molar-refractivity contribution in [3.63, 3.8) is 0 Å². The van der Waals surface area contributed by atoms with Crippen molar-refractivity contribution in [2.24, 2.45) is 11.7 Å². The van der Waals surface area contributed by atoms with Gasteiger partial charge in [0.1, 0.15) is 0 Å². The fourth-order valence-corrected chi connectivity index (χ4v) is 3.92. The lowest BCUT2D eigenvalue weighted by atomic mass is 9.83. The highest BCUT2D eigenvalue weighted by atomic mass is 15.2. The monoisotopic (exact) mass is 282 g/mol. The molecule has 1 fully saturated rings. The van der Waals surface area contributed by atoms with Crippen LogP contribution < -0.4 is 10.6 Å². The molecule has 0 aromatic heterocycles. The molecule has 2 N–H and O–H groups in total. The molecule has 21 heavy (non-hydrogen) atoms. The first-order chi connectivity index (χ1) is 10.3. The summed E-state index contributed by atoms with van der Waals surface area (Å²) in [6.07, 6.45) is 5.23. The van der Waals surface area contributed by atoms with Crippen LogP contribution in [0, 0.1) is 5.92 Å². The van der Waals surface area contributed by atoms with Crippen LogP contribution in [0.15, 0.2) is 42.5 Å². The van der Waals surface area contributed by atoms with Crippen LogP contribution in [0.25, 0.3) is 10.8 Å². The van der Waals surface area contributed by atoms with Gasteiger partial charge in [-0.1, -0.05) is 49.2 Å². The Hall–Kier alpha value is -1.54. The third kappa shape index (κ3) is 2.77. The molecule has 1 aliphatic carbocycles. The van der Waals surface area contributed by atoms with E-state index < -0.39 is 0 Å². The summed E-state index contributed by atoms with van der Waals surface area (Å²) in [6.45, 7) is 4.13. The maximum Gasteiger partial charge on any atom is 0.0448 e. The van der Waals surface area contributed by atoms with Crippen molar-refractivity contribution in [2.75, 3.05) is 18.0 Å². The average Bonchev–Trinajstić information content (AvgIpc) is 2.56. The maximum atomic E-state index is 6.05. The quantitative estimate of drug-likeness (QED) is 0.911. The molecule has 0 heterocycles. The van der Waals surface area contributed by atoms with Crippen molar-refractivity contribution >= 4 is 16.5 Å². The summed E-state index contributed by atoms with van der Waals surface area (Å²) in [5, 5.41) is 2.69. The Balaban J connectivity index is 2.01. The molecule has 2 unspecified atom stereocenters. The predicted octanol–water partition coefficient (Wildman–Crippen LogP) is 4.18. The highest BCUT2D eigenvalue weighted by molar-refractivity contribution is 5.94. The lowest BCUT2D eigenvalue weighted by molar-refractivity contribution is 0.301. The normalized spacial score (nSPS) is 22.4.